The van der Waals surface area contributed by atoms with E-state index >= 15 is 0 Å². The minimum Gasteiger partial charge on any atom is -0.294 e. The lowest BCUT2D eigenvalue weighted by molar-refractivity contribution is 0.0953. The summed E-state index contributed by atoms with van der Waals surface area (Å²) in [5, 5.41) is 0. The molecule has 1 rings (SSSR count). The van der Waals surface area contributed by atoms with Gasteiger partial charge in [-0.1, -0.05) is 49.4 Å². The SMILES string of the molecule is C/C=C/[C@H](C)C(=O)c1ccccc1. The molecular formula is C12H14O. The molecule has 0 fully saturated rings. The van der Waals surface area contributed by atoms with Gasteiger partial charge in [-0.3, -0.25) is 4.79 Å². The lowest BCUT2D eigenvalue weighted by Crippen LogP contribution is -2.08. The van der Waals surface area contributed by atoms with E-state index in [4.69, 9.17) is 0 Å². The second-order valence-corrected chi connectivity index (χ2v) is 3.04. The number of hydrogen-bond acceptors (Lipinski definition) is 1. The summed E-state index contributed by atoms with van der Waals surface area (Å²) in [5.41, 5.74) is 0.785. The van der Waals surface area contributed by atoms with Crippen LogP contribution < -0.4 is 0 Å². The molecule has 0 aliphatic carbocycles. The Balaban J connectivity index is 2.80. The van der Waals surface area contributed by atoms with Gasteiger partial charge in [0.1, 0.15) is 0 Å². The normalized spacial score (nSPS) is 13.1. The molecular weight excluding hydrogens is 160 g/mol. The Kier molecular flexibility index (Phi) is 3.44. The van der Waals surface area contributed by atoms with Gasteiger partial charge >= 0.3 is 0 Å². The van der Waals surface area contributed by atoms with Crippen molar-refractivity contribution in [2.24, 2.45) is 5.92 Å². The highest BCUT2D eigenvalue weighted by molar-refractivity contribution is 5.98. The zero-order valence-electron chi connectivity index (χ0n) is 8.03. The maximum Gasteiger partial charge on any atom is 0.169 e. The van der Waals surface area contributed by atoms with E-state index in [0.717, 1.165) is 5.56 Å². The summed E-state index contributed by atoms with van der Waals surface area (Å²) in [4.78, 5) is 11.7. The van der Waals surface area contributed by atoms with Crippen LogP contribution in [0.3, 0.4) is 0 Å². The third-order valence-corrected chi connectivity index (χ3v) is 1.95. The molecule has 0 radical (unpaired) electrons. The van der Waals surface area contributed by atoms with Crippen LogP contribution in [0, 0.1) is 5.92 Å². The zero-order chi connectivity index (χ0) is 9.68. The molecule has 0 heterocycles. The highest BCUT2D eigenvalue weighted by atomic mass is 16.1. The topological polar surface area (TPSA) is 17.1 Å². The van der Waals surface area contributed by atoms with Gasteiger partial charge in [0.25, 0.3) is 0 Å². The minimum atomic E-state index is -0.0209. The number of Topliss-reactive ketones (excluding diaryl/α,β-unsaturated/α-hetero) is 1. The van der Waals surface area contributed by atoms with Gasteiger partial charge in [-0.25, -0.2) is 0 Å². The van der Waals surface area contributed by atoms with Gasteiger partial charge in [-0.2, -0.15) is 0 Å². The maximum absolute atomic E-state index is 11.7. The third kappa shape index (κ3) is 2.55. The summed E-state index contributed by atoms with van der Waals surface area (Å²) < 4.78 is 0. The van der Waals surface area contributed by atoms with E-state index in [2.05, 4.69) is 0 Å². The molecule has 13 heavy (non-hydrogen) atoms. The Bertz CT molecular complexity index is 298. The number of carbonyl (C=O) groups is 1. The molecule has 0 N–H and O–H groups in total. The molecule has 1 nitrogen and oxygen atoms in total. The summed E-state index contributed by atoms with van der Waals surface area (Å²) >= 11 is 0. The molecule has 0 unspecified atom stereocenters. The molecule has 0 spiro atoms. The Morgan fingerprint density at radius 3 is 2.46 bits per heavy atom. The Labute approximate surface area is 79.1 Å². The molecule has 68 valence electrons. The molecule has 0 saturated heterocycles. The predicted octanol–water partition coefficient (Wildman–Crippen LogP) is 3.08. The van der Waals surface area contributed by atoms with Crippen LogP contribution in [0.15, 0.2) is 42.5 Å². The molecule has 1 aromatic rings. The van der Waals surface area contributed by atoms with Gasteiger partial charge in [-0.05, 0) is 6.92 Å². The van der Waals surface area contributed by atoms with Gasteiger partial charge < -0.3 is 0 Å². The van der Waals surface area contributed by atoms with E-state index in [1.807, 2.05) is 56.3 Å². The van der Waals surface area contributed by atoms with Crippen molar-refractivity contribution in [1.29, 1.82) is 0 Å². The van der Waals surface area contributed by atoms with Crippen LogP contribution in [0.1, 0.15) is 24.2 Å². The van der Waals surface area contributed by atoms with Crippen molar-refractivity contribution in [2.75, 3.05) is 0 Å². The fraction of sp³-hybridized carbons (Fsp3) is 0.250. The molecule has 0 saturated carbocycles. The van der Waals surface area contributed by atoms with Gasteiger partial charge in [0, 0.05) is 11.5 Å². The van der Waals surface area contributed by atoms with E-state index in [1.54, 1.807) is 0 Å². The summed E-state index contributed by atoms with van der Waals surface area (Å²) in [6.07, 6.45) is 3.82. The minimum absolute atomic E-state index is 0.0209. The Morgan fingerprint density at radius 2 is 1.92 bits per heavy atom. The maximum atomic E-state index is 11.7. The monoisotopic (exact) mass is 174 g/mol. The van der Waals surface area contributed by atoms with Crippen molar-refractivity contribution in [1.82, 2.24) is 0 Å². The lowest BCUT2D eigenvalue weighted by atomic mass is 9.99. The first kappa shape index (κ1) is 9.72. The van der Waals surface area contributed by atoms with Crippen LogP contribution in [0.5, 0.6) is 0 Å². The van der Waals surface area contributed by atoms with Gasteiger partial charge in [0.2, 0.25) is 0 Å². The average Bonchev–Trinajstić information content (AvgIpc) is 2.18. The number of ketones is 1. The zero-order valence-corrected chi connectivity index (χ0v) is 8.03. The number of benzene rings is 1. The van der Waals surface area contributed by atoms with Crippen LogP contribution in [-0.2, 0) is 0 Å². The van der Waals surface area contributed by atoms with Crippen molar-refractivity contribution < 1.29 is 4.79 Å². The van der Waals surface area contributed by atoms with Gasteiger partial charge in [-0.15, -0.1) is 0 Å². The van der Waals surface area contributed by atoms with E-state index in [9.17, 15) is 4.79 Å². The number of carbonyl (C=O) groups excluding carboxylic acids is 1. The first-order valence-electron chi connectivity index (χ1n) is 4.47. The number of allylic oxidation sites excluding steroid dienone is 2. The van der Waals surface area contributed by atoms with Crippen LogP contribution in [-0.4, -0.2) is 5.78 Å². The molecule has 1 aromatic carbocycles. The number of rotatable bonds is 3. The number of hydrogen-bond donors (Lipinski definition) is 0. The molecule has 0 bridgehead atoms. The van der Waals surface area contributed by atoms with Crippen molar-refractivity contribution in [3.8, 4) is 0 Å². The van der Waals surface area contributed by atoms with E-state index in [-0.39, 0.29) is 11.7 Å². The summed E-state index contributed by atoms with van der Waals surface area (Å²) in [7, 11) is 0. The fourth-order valence-corrected chi connectivity index (χ4v) is 1.24. The molecule has 0 aliphatic heterocycles. The smallest absolute Gasteiger partial charge is 0.169 e. The van der Waals surface area contributed by atoms with Crippen LogP contribution in [0.4, 0.5) is 0 Å². The van der Waals surface area contributed by atoms with Crippen LogP contribution >= 0.6 is 0 Å². The fourth-order valence-electron chi connectivity index (χ4n) is 1.24. The molecule has 1 atom stereocenters. The van der Waals surface area contributed by atoms with Gasteiger partial charge in [0.05, 0.1) is 0 Å². The van der Waals surface area contributed by atoms with E-state index in [0.29, 0.717) is 0 Å². The molecule has 0 aliphatic rings. The summed E-state index contributed by atoms with van der Waals surface area (Å²) in [6.45, 7) is 3.84. The third-order valence-electron chi connectivity index (χ3n) is 1.95. The average molecular weight is 174 g/mol. The Hall–Kier alpha value is -1.37. The summed E-state index contributed by atoms with van der Waals surface area (Å²) in [5.74, 6) is 0.158. The highest BCUT2D eigenvalue weighted by Crippen LogP contribution is 2.09. The first-order chi connectivity index (χ1) is 6.25. The van der Waals surface area contributed by atoms with Crippen molar-refractivity contribution in [2.45, 2.75) is 13.8 Å². The second-order valence-electron chi connectivity index (χ2n) is 3.04. The van der Waals surface area contributed by atoms with Crippen LogP contribution in [0.25, 0.3) is 0 Å². The van der Waals surface area contributed by atoms with E-state index < -0.39 is 0 Å². The van der Waals surface area contributed by atoms with Gasteiger partial charge in [0.15, 0.2) is 5.78 Å². The van der Waals surface area contributed by atoms with Crippen molar-refractivity contribution in [3.05, 3.63) is 48.0 Å². The molecule has 1 heteroatoms. The van der Waals surface area contributed by atoms with Crippen LogP contribution in [0.2, 0.25) is 0 Å². The standard InChI is InChI=1S/C12H14O/c1-3-7-10(2)12(13)11-8-5-4-6-9-11/h3-10H,1-2H3/b7-3+/t10-/m0/s1. The van der Waals surface area contributed by atoms with Crippen molar-refractivity contribution in [3.63, 3.8) is 0 Å². The summed E-state index contributed by atoms with van der Waals surface area (Å²) in [6, 6.07) is 9.38. The lowest BCUT2D eigenvalue weighted by Gasteiger charge is -2.04. The highest BCUT2D eigenvalue weighted by Gasteiger charge is 2.10. The molecule has 0 amide bonds. The Morgan fingerprint density at radius 1 is 1.31 bits per heavy atom. The molecule has 0 aromatic heterocycles. The van der Waals surface area contributed by atoms with Crippen molar-refractivity contribution >= 4 is 5.78 Å². The first-order valence-corrected chi connectivity index (χ1v) is 4.47. The quantitative estimate of drug-likeness (QED) is 0.508. The van der Waals surface area contributed by atoms with E-state index in [1.165, 1.54) is 0 Å². The second kappa shape index (κ2) is 4.61. The largest absolute Gasteiger partial charge is 0.294 e. The predicted molar refractivity (Wildman–Crippen MR) is 54.8 cm³/mol.